The maximum Gasteiger partial charge on any atom is 0.330 e. The van der Waals surface area contributed by atoms with Gasteiger partial charge in [-0.1, -0.05) is 54.6 Å². The van der Waals surface area contributed by atoms with Crippen LogP contribution in [0.25, 0.3) is 0 Å². The van der Waals surface area contributed by atoms with Crippen LogP contribution in [0.15, 0.2) is 110 Å². The van der Waals surface area contributed by atoms with Crippen molar-refractivity contribution in [1.82, 2.24) is 19.1 Å². The number of nitrogens with one attached hydrogen (secondary N) is 2. The molecule has 0 unspecified atom stereocenters. The summed E-state index contributed by atoms with van der Waals surface area (Å²) in [7, 11) is 4.50. The van der Waals surface area contributed by atoms with Gasteiger partial charge in [0.1, 0.15) is 47.9 Å². The van der Waals surface area contributed by atoms with Gasteiger partial charge in [-0.05, 0) is 66.6 Å². The maximum atomic E-state index is 13.2. The number of aryl methyl sites for hydroxylation is 2. The van der Waals surface area contributed by atoms with Crippen molar-refractivity contribution in [3.05, 3.63) is 161 Å². The van der Waals surface area contributed by atoms with E-state index < -0.39 is 77.7 Å². The minimum atomic E-state index is -3.73. The molecule has 0 saturated carbocycles. The van der Waals surface area contributed by atoms with Crippen LogP contribution in [0.5, 0.6) is 11.5 Å². The van der Waals surface area contributed by atoms with Gasteiger partial charge in [-0.3, -0.25) is 33.5 Å². The number of nitrogens with zero attached hydrogens (tertiary/aromatic N) is 2. The number of rotatable bonds is 17. The zero-order valence-electron chi connectivity index (χ0n) is 35.9. The third kappa shape index (κ3) is 9.91. The van der Waals surface area contributed by atoms with Crippen molar-refractivity contribution in [3.63, 3.8) is 0 Å². The first kappa shape index (κ1) is 46.5. The second kappa shape index (κ2) is 19.7. The molecule has 18 nitrogen and oxygen atoms in total. The molecule has 2 fully saturated rings. The second-order valence-electron chi connectivity index (χ2n) is 15.2. The Bertz CT molecular complexity index is 2680. The average Bonchev–Trinajstić information content (AvgIpc) is 3.88. The molecule has 20 heteroatoms. The number of esters is 1. The molecule has 0 spiro atoms. The van der Waals surface area contributed by atoms with E-state index in [1.165, 1.54) is 35.6 Å². The number of carbonyl (C=O) groups excluding carboxylic acids is 1. The number of ether oxygens (including phenoxy) is 6. The lowest BCUT2D eigenvalue weighted by atomic mass is 9.80. The number of methoxy groups -OCH3 is 2. The van der Waals surface area contributed by atoms with Crippen molar-refractivity contribution in [2.75, 3.05) is 34.5 Å². The molecule has 7 atom stereocenters. The Morgan fingerprint density at radius 1 is 0.719 bits per heavy atom. The lowest BCUT2D eigenvalue weighted by molar-refractivity contribution is -0.150. The zero-order chi connectivity index (χ0) is 45.8. The summed E-state index contributed by atoms with van der Waals surface area (Å²) in [6, 6.07) is 24.6. The highest BCUT2D eigenvalue weighted by Crippen LogP contribution is 2.54. The summed E-state index contributed by atoms with van der Waals surface area (Å²) in [4.78, 5) is 67.2. The van der Waals surface area contributed by atoms with Crippen LogP contribution >= 0.6 is 6.72 Å². The largest absolute Gasteiger partial charge is 0.497 e. The average molecular weight is 921 g/mol. The summed E-state index contributed by atoms with van der Waals surface area (Å²) in [6.45, 7) is 0.198. The van der Waals surface area contributed by atoms with E-state index in [0.29, 0.717) is 11.5 Å². The van der Waals surface area contributed by atoms with E-state index in [9.17, 15) is 24.0 Å². The fraction of sp³-hybridized carbons (Fsp3) is 0.386. The van der Waals surface area contributed by atoms with E-state index in [0.717, 1.165) is 16.7 Å². The van der Waals surface area contributed by atoms with Crippen molar-refractivity contribution in [3.8, 4) is 11.5 Å². The number of benzene rings is 3. The molecule has 64 heavy (non-hydrogen) atoms. The fourth-order valence-corrected chi connectivity index (χ4v) is 9.48. The molecule has 5 aromatic rings. The predicted octanol–water partition coefficient (Wildman–Crippen LogP) is 4.51. The minimum Gasteiger partial charge on any atom is -0.497 e. The summed E-state index contributed by atoms with van der Waals surface area (Å²) < 4.78 is 57.6. The van der Waals surface area contributed by atoms with Crippen LogP contribution in [-0.4, -0.2) is 84.0 Å². The van der Waals surface area contributed by atoms with Crippen molar-refractivity contribution in [2.24, 2.45) is 0 Å². The SMILES string of the molecule is COc1ccc(C(OC[C@H]2O[C@@H](n3cc(C)c(=O)[nH]c3=O)C[C@@H]2O[P@@](=S)(OC)OC[C@H]2O[C@@H](n3cc(C)c(=O)[nH]c3=O)C[C@@H]2OC(C)=O)(c2ccccc2)c2ccc(OC)cc2)cc1. The van der Waals surface area contributed by atoms with Crippen LogP contribution in [0.3, 0.4) is 0 Å². The van der Waals surface area contributed by atoms with E-state index in [2.05, 4.69) is 9.97 Å². The second-order valence-corrected chi connectivity index (χ2v) is 18.3. The first-order chi connectivity index (χ1) is 30.7. The molecule has 0 aliphatic carbocycles. The highest BCUT2D eigenvalue weighted by atomic mass is 32.5. The number of aromatic nitrogens is 4. The molecule has 0 radical (unpaired) electrons. The Balaban J connectivity index is 1.22. The van der Waals surface area contributed by atoms with Crippen LogP contribution in [0.4, 0.5) is 0 Å². The van der Waals surface area contributed by atoms with E-state index >= 15 is 0 Å². The Kier molecular flexibility index (Phi) is 14.3. The number of hydrogen-bond donors (Lipinski definition) is 2. The van der Waals surface area contributed by atoms with Gasteiger partial charge >= 0.3 is 24.1 Å². The number of aromatic amines is 2. The standard InChI is InChI=1S/C44H49N4O14PS/c1-26-22-47(42(52)45-40(26)50)38-20-34(59-28(3)49)37(61-38)25-58-63(64,56-6)62-35-21-39(48-23-27(2)41(51)46-43(48)53)60-36(35)24-57-44(29-10-8-7-9-11-29,30-12-16-32(54-4)17-13-30)31-14-18-33(55-5)19-15-31/h7-19,22-23,34-39H,20-21,24-25H2,1-6H3,(H,45,50,52)(H,46,51,53)/t34-,35-,36+,37+,38+,39+,63+/m0/s1. The number of hydrogen-bond acceptors (Lipinski definition) is 15. The molecule has 0 amide bonds. The van der Waals surface area contributed by atoms with Gasteiger partial charge in [-0.15, -0.1) is 0 Å². The van der Waals surface area contributed by atoms with Gasteiger partial charge in [0.15, 0.2) is 0 Å². The zero-order valence-corrected chi connectivity index (χ0v) is 37.6. The summed E-state index contributed by atoms with van der Waals surface area (Å²) in [5.74, 6) is 0.689. The Labute approximate surface area is 372 Å². The molecule has 2 aliphatic rings. The molecular formula is C44H49N4O14PS. The monoisotopic (exact) mass is 920 g/mol. The summed E-state index contributed by atoms with van der Waals surface area (Å²) in [5, 5.41) is 0. The van der Waals surface area contributed by atoms with Gasteiger partial charge in [0, 0.05) is 50.4 Å². The van der Waals surface area contributed by atoms with Crippen LogP contribution in [0.1, 0.15) is 60.0 Å². The molecule has 7 rings (SSSR count). The van der Waals surface area contributed by atoms with Crippen LogP contribution < -0.4 is 32.0 Å². The molecular weight excluding hydrogens is 872 g/mol. The molecule has 0 bridgehead atoms. The summed E-state index contributed by atoms with van der Waals surface area (Å²) >= 11 is 5.93. The maximum absolute atomic E-state index is 13.2. The lowest BCUT2D eigenvalue weighted by Crippen LogP contribution is -2.38. The molecule has 4 heterocycles. The first-order valence-corrected chi connectivity index (χ1v) is 22.8. The molecule has 2 aromatic heterocycles. The summed E-state index contributed by atoms with van der Waals surface area (Å²) in [6.07, 6.45) is -2.67. The molecule has 2 saturated heterocycles. The fourth-order valence-electron chi connectivity index (χ4n) is 7.83. The molecule has 2 aliphatic heterocycles. The van der Waals surface area contributed by atoms with Gasteiger partial charge in [-0.2, -0.15) is 0 Å². The van der Waals surface area contributed by atoms with Crippen LogP contribution in [0, 0.1) is 13.8 Å². The van der Waals surface area contributed by atoms with Crippen molar-refractivity contribution >= 4 is 24.5 Å². The first-order valence-electron chi connectivity index (χ1n) is 20.3. The van der Waals surface area contributed by atoms with E-state index in [1.54, 1.807) is 28.1 Å². The van der Waals surface area contributed by atoms with Gasteiger partial charge in [0.25, 0.3) is 11.1 Å². The van der Waals surface area contributed by atoms with Gasteiger partial charge in [0.05, 0.1) is 33.5 Å². The lowest BCUT2D eigenvalue weighted by Gasteiger charge is -2.37. The number of carbonyl (C=O) groups is 1. The van der Waals surface area contributed by atoms with E-state index in [4.69, 9.17) is 53.8 Å². The third-order valence-electron chi connectivity index (χ3n) is 11.1. The Morgan fingerprint density at radius 3 is 1.66 bits per heavy atom. The minimum absolute atomic E-state index is 0.0422. The van der Waals surface area contributed by atoms with E-state index in [-0.39, 0.29) is 37.2 Å². The Hall–Kier alpha value is -5.50. The quantitative estimate of drug-likeness (QED) is 0.0747. The smallest absolute Gasteiger partial charge is 0.330 e. The van der Waals surface area contributed by atoms with Crippen molar-refractivity contribution < 1.29 is 46.8 Å². The van der Waals surface area contributed by atoms with Crippen LogP contribution in [0.2, 0.25) is 0 Å². The highest BCUT2D eigenvalue weighted by Gasteiger charge is 2.46. The predicted molar refractivity (Wildman–Crippen MR) is 235 cm³/mol. The Morgan fingerprint density at radius 2 is 1.19 bits per heavy atom. The van der Waals surface area contributed by atoms with Gasteiger partial charge < -0.3 is 42.0 Å². The molecule has 2 N–H and O–H groups in total. The highest BCUT2D eigenvalue weighted by molar-refractivity contribution is 8.07. The van der Waals surface area contributed by atoms with Crippen LogP contribution in [-0.2, 0) is 54.7 Å². The van der Waals surface area contributed by atoms with Gasteiger partial charge in [-0.25, -0.2) is 9.59 Å². The van der Waals surface area contributed by atoms with Crippen molar-refractivity contribution in [1.29, 1.82) is 0 Å². The third-order valence-corrected chi connectivity index (χ3v) is 13.6. The summed E-state index contributed by atoms with van der Waals surface area (Å²) in [5.41, 5.74) is -0.880. The number of H-pyrrole nitrogens is 2. The normalized spacial score (nSPS) is 21.9. The van der Waals surface area contributed by atoms with Gasteiger partial charge in [0.2, 0.25) is 0 Å². The topological polar surface area (TPSA) is 210 Å². The molecule has 340 valence electrons. The van der Waals surface area contributed by atoms with E-state index in [1.807, 2.05) is 78.9 Å². The van der Waals surface area contributed by atoms with Crippen molar-refractivity contribution in [2.45, 2.75) is 76.1 Å². The molecule has 3 aromatic carbocycles.